The van der Waals surface area contributed by atoms with Gasteiger partial charge in [-0.05, 0) is 31.5 Å². The van der Waals surface area contributed by atoms with Crippen molar-refractivity contribution in [2.45, 2.75) is 24.6 Å². The monoisotopic (exact) mass is 304 g/mol. The van der Waals surface area contributed by atoms with E-state index in [9.17, 15) is 4.79 Å². The van der Waals surface area contributed by atoms with E-state index >= 15 is 0 Å². The van der Waals surface area contributed by atoms with E-state index in [1.807, 2.05) is 13.0 Å². The van der Waals surface area contributed by atoms with Crippen molar-refractivity contribution in [2.75, 3.05) is 6.61 Å². The minimum Gasteiger partial charge on any atom is -0.493 e. The van der Waals surface area contributed by atoms with Crippen molar-refractivity contribution in [3.8, 4) is 5.75 Å². The predicted octanol–water partition coefficient (Wildman–Crippen LogP) is 3.79. The Morgan fingerprint density at radius 2 is 2.25 bits per heavy atom. The van der Waals surface area contributed by atoms with E-state index in [0.29, 0.717) is 23.8 Å². The first-order valence-corrected chi connectivity index (χ1v) is 6.55. The third-order valence-electron chi connectivity index (χ3n) is 2.12. The molecule has 4 heteroatoms. The molecule has 0 amide bonds. The van der Waals surface area contributed by atoms with Gasteiger partial charge in [-0.3, -0.25) is 4.79 Å². The average molecular weight is 306 g/mol. The number of carbonyl (C=O) groups is 1. The number of rotatable bonds is 5. The molecule has 16 heavy (non-hydrogen) atoms. The van der Waals surface area contributed by atoms with Gasteiger partial charge in [-0.15, -0.1) is 11.6 Å². The molecule has 0 spiro atoms. The summed E-state index contributed by atoms with van der Waals surface area (Å²) >= 11 is 9.02. The number of carbonyl (C=O) groups excluding carboxylic acids is 1. The summed E-state index contributed by atoms with van der Waals surface area (Å²) in [6.45, 7) is 4.23. The van der Waals surface area contributed by atoms with Crippen molar-refractivity contribution in [3.05, 3.63) is 29.3 Å². The molecule has 0 aromatic heterocycles. The van der Waals surface area contributed by atoms with Crippen LogP contribution in [0.15, 0.2) is 18.2 Å². The van der Waals surface area contributed by atoms with Crippen LogP contribution in [-0.2, 0) is 5.88 Å². The maximum atomic E-state index is 11.9. The summed E-state index contributed by atoms with van der Waals surface area (Å²) in [6.07, 6.45) is 0. The normalized spacial score (nSPS) is 12.2. The van der Waals surface area contributed by atoms with E-state index in [4.69, 9.17) is 16.3 Å². The predicted molar refractivity (Wildman–Crippen MR) is 69.9 cm³/mol. The van der Waals surface area contributed by atoms with Gasteiger partial charge < -0.3 is 4.74 Å². The summed E-state index contributed by atoms with van der Waals surface area (Å²) in [5, 5.41) is 0. The van der Waals surface area contributed by atoms with Gasteiger partial charge in [0.1, 0.15) is 5.75 Å². The van der Waals surface area contributed by atoms with E-state index in [-0.39, 0.29) is 10.6 Å². The van der Waals surface area contributed by atoms with Gasteiger partial charge in [0.15, 0.2) is 5.78 Å². The quantitative estimate of drug-likeness (QED) is 0.611. The molecule has 0 aliphatic carbocycles. The van der Waals surface area contributed by atoms with E-state index in [1.165, 1.54) is 0 Å². The Morgan fingerprint density at radius 3 is 2.75 bits per heavy atom. The fourth-order valence-corrected chi connectivity index (χ4v) is 1.76. The summed E-state index contributed by atoms with van der Waals surface area (Å²) in [5.41, 5.74) is 1.51. The number of alkyl halides is 2. The molecule has 88 valence electrons. The zero-order chi connectivity index (χ0) is 12.1. The van der Waals surface area contributed by atoms with Crippen molar-refractivity contribution in [1.29, 1.82) is 0 Å². The average Bonchev–Trinajstić information content (AvgIpc) is 2.29. The molecule has 0 heterocycles. The fourth-order valence-electron chi connectivity index (χ4n) is 1.35. The summed E-state index contributed by atoms with van der Waals surface area (Å²) in [4.78, 5) is 11.7. The molecule has 0 N–H and O–H groups in total. The first-order chi connectivity index (χ1) is 7.60. The Morgan fingerprint density at radius 1 is 1.56 bits per heavy atom. The fraction of sp³-hybridized carbons (Fsp3) is 0.417. The van der Waals surface area contributed by atoms with Crippen molar-refractivity contribution >= 4 is 33.3 Å². The molecule has 0 bridgehead atoms. The van der Waals surface area contributed by atoms with Crippen LogP contribution in [-0.4, -0.2) is 17.2 Å². The minimum absolute atomic E-state index is 0.00965. The van der Waals surface area contributed by atoms with Gasteiger partial charge in [-0.25, -0.2) is 0 Å². The van der Waals surface area contributed by atoms with Crippen LogP contribution in [0, 0.1) is 0 Å². The lowest BCUT2D eigenvalue weighted by Gasteiger charge is -2.11. The minimum atomic E-state index is -0.225. The second-order valence-corrected chi connectivity index (χ2v) is 5.02. The van der Waals surface area contributed by atoms with Gasteiger partial charge in [-0.1, -0.05) is 22.0 Å². The molecule has 0 saturated heterocycles. The molecule has 1 aromatic carbocycles. The molecule has 0 aliphatic rings. The Balaban J connectivity index is 3.14. The van der Waals surface area contributed by atoms with E-state index in [0.717, 1.165) is 5.56 Å². The number of halogens is 2. The van der Waals surface area contributed by atoms with Crippen LogP contribution in [0.2, 0.25) is 0 Å². The van der Waals surface area contributed by atoms with Gasteiger partial charge in [0.05, 0.1) is 17.0 Å². The third kappa shape index (κ3) is 3.22. The standard InChI is InChI=1S/C12H14BrClO2/c1-3-16-11-5-4-9(7-14)6-10(11)12(15)8(2)13/h4-6,8H,3,7H2,1-2H3. The van der Waals surface area contributed by atoms with Crippen molar-refractivity contribution in [1.82, 2.24) is 0 Å². The van der Waals surface area contributed by atoms with Crippen molar-refractivity contribution in [2.24, 2.45) is 0 Å². The van der Waals surface area contributed by atoms with Crippen LogP contribution in [0.5, 0.6) is 5.75 Å². The summed E-state index contributed by atoms with van der Waals surface area (Å²) in [6, 6.07) is 5.45. The molecule has 1 atom stereocenters. The molecule has 2 nitrogen and oxygen atoms in total. The largest absolute Gasteiger partial charge is 0.493 e. The van der Waals surface area contributed by atoms with Crippen LogP contribution < -0.4 is 4.74 Å². The van der Waals surface area contributed by atoms with Gasteiger partial charge in [0.25, 0.3) is 0 Å². The first kappa shape index (κ1) is 13.5. The molecule has 1 unspecified atom stereocenters. The number of ketones is 1. The van der Waals surface area contributed by atoms with Gasteiger partial charge >= 0.3 is 0 Å². The molecule has 1 aromatic rings. The maximum Gasteiger partial charge on any atom is 0.179 e. The molecular formula is C12H14BrClO2. The van der Waals surface area contributed by atoms with E-state index < -0.39 is 0 Å². The smallest absolute Gasteiger partial charge is 0.179 e. The third-order valence-corrected chi connectivity index (χ3v) is 2.85. The second-order valence-electron chi connectivity index (χ2n) is 3.38. The lowest BCUT2D eigenvalue weighted by atomic mass is 10.0. The summed E-state index contributed by atoms with van der Waals surface area (Å²) in [7, 11) is 0. The molecule has 0 radical (unpaired) electrons. The van der Waals surface area contributed by atoms with Crippen LogP contribution in [0.4, 0.5) is 0 Å². The zero-order valence-corrected chi connectivity index (χ0v) is 11.6. The van der Waals surface area contributed by atoms with E-state index in [2.05, 4.69) is 15.9 Å². The SMILES string of the molecule is CCOc1ccc(CCl)cc1C(=O)C(C)Br. The van der Waals surface area contributed by atoms with Gasteiger partial charge in [0.2, 0.25) is 0 Å². The van der Waals surface area contributed by atoms with Gasteiger partial charge in [-0.2, -0.15) is 0 Å². The zero-order valence-electron chi connectivity index (χ0n) is 9.30. The molecule has 1 rings (SSSR count). The molecule has 0 saturated carbocycles. The molecule has 0 aliphatic heterocycles. The van der Waals surface area contributed by atoms with Crippen LogP contribution >= 0.6 is 27.5 Å². The van der Waals surface area contributed by atoms with Crippen LogP contribution in [0.1, 0.15) is 29.8 Å². The molecule has 0 fully saturated rings. The lowest BCUT2D eigenvalue weighted by Crippen LogP contribution is -2.12. The highest BCUT2D eigenvalue weighted by Gasteiger charge is 2.17. The first-order valence-electron chi connectivity index (χ1n) is 5.10. The summed E-state index contributed by atoms with van der Waals surface area (Å²) < 4.78 is 5.42. The number of benzene rings is 1. The Labute approximate surface area is 109 Å². The number of ether oxygens (including phenoxy) is 1. The number of Topliss-reactive ketones (excluding diaryl/α,β-unsaturated/α-hetero) is 1. The highest BCUT2D eigenvalue weighted by Crippen LogP contribution is 2.24. The number of hydrogen-bond acceptors (Lipinski definition) is 2. The summed E-state index contributed by atoms with van der Waals surface area (Å²) in [5.74, 6) is 1.02. The van der Waals surface area contributed by atoms with E-state index in [1.54, 1.807) is 19.1 Å². The van der Waals surface area contributed by atoms with Crippen molar-refractivity contribution < 1.29 is 9.53 Å². The highest BCUT2D eigenvalue weighted by atomic mass is 79.9. The maximum absolute atomic E-state index is 11.9. The van der Waals surface area contributed by atoms with Gasteiger partial charge in [0, 0.05) is 5.88 Å². The lowest BCUT2D eigenvalue weighted by molar-refractivity contribution is 0.0992. The highest BCUT2D eigenvalue weighted by molar-refractivity contribution is 9.10. The Bertz CT molecular complexity index is 377. The topological polar surface area (TPSA) is 26.3 Å². The van der Waals surface area contributed by atoms with Crippen LogP contribution in [0.25, 0.3) is 0 Å². The van der Waals surface area contributed by atoms with Crippen molar-refractivity contribution in [3.63, 3.8) is 0 Å². The second kappa shape index (κ2) is 6.26. The molecular weight excluding hydrogens is 291 g/mol. The Hall–Kier alpha value is -0.540. The Kier molecular flexibility index (Phi) is 5.29. The van der Waals surface area contributed by atoms with Crippen LogP contribution in [0.3, 0.4) is 0 Å². The number of hydrogen-bond donors (Lipinski definition) is 0.